The first-order chi connectivity index (χ1) is 18.4. The van der Waals surface area contributed by atoms with Crippen LogP contribution in [0.4, 0.5) is 11.4 Å². The summed E-state index contributed by atoms with van der Waals surface area (Å²) in [5, 5.41) is 13.1. The first-order valence-corrected chi connectivity index (χ1v) is 12.6. The number of nitrogen functional groups attached to an aromatic ring is 1. The highest BCUT2D eigenvalue weighted by Crippen LogP contribution is 2.27. The number of aryl methyl sites for hydroxylation is 2. The van der Waals surface area contributed by atoms with Gasteiger partial charge in [-0.1, -0.05) is 60.7 Å². The summed E-state index contributed by atoms with van der Waals surface area (Å²) in [5.74, 6) is 0. The second kappa shape index (κ2) is 10.6. The van der Waals surface area contributed by atoms with Gasteiger partial charge in [-0.25, -0.2) is 0 Å². The molecule has 2 aromatic heterocycles. The zero-order valence-corrected chi connectivity index (χ0v) is 21.5. The third kappa shape index (κ3) is 5.30. The number of nitro benzene ring substituents is 1. The fourth-order valence-corrected chi connectivity index (χ4v) is 4.72. The van der Waals surface area contributed by atoms with Gasteiger partial charge in [0.15, 0.2) is 0 Å². The van der Waals surface area contributed by atoms with E-state index in [1.165, 1.54) is 22.0 Å². The van der Waals surface area contributed by atoms with Gasteiger partial charge in [0.25, 0.3) is 5.69 Å². The van der Waals surface area contributed by atoms with Crippen LogP contribution in [-0.2, 0) is 13.1 Å². The van der Waals surface area contributed by atoms with Crippen LogP contribution < -0.4 is 5.73 Å². The molecule has 0 amide bonds. The number of rotatable bonds is 5. The standard InChI is InChI=1S/C16H14N2O2.C16H16N2/c1-12-9-16-14(10-15(12)18(19)20)7-8-17(16)11-13-5-3-2-4-6-13;1-12-9-16-14(10-15(12)17)7-8-18(16)11-13-5-3-2-4-6-13/h2-10H,11H2,1H3;2-10H,11,17H2,1H3. The van der Waals surface area contributed by atoms with E-state index in [0.717, 1.165) is 35.2 Å². The number of hydrogen-bond donors (Lipinski definition) is 1. The molecule has 0 atom stereocenters. The lowest BCUT2D eigenvalue weighted by Crippen LogP contribution is -1.98. The van der Waals surface area contributed by atoms with E-state index in [2.05, 4.69) is 70.8 Å². The molecule has 0 saturated carbocycles. The number of anilines is 1. The van der Waals surface area contributed by atoms with E-state index < -0.39 is 0 Å². The molecule has 4 aromatic carbocycles. The van der Waals surface area contributed by atoms with Gasteiger partial charge < -0.3 is 14.9 Å². The van der Waals surface area contributed by atoms with E-state index in [0.29, 0.717) is 5.56 Å². The summed E-state index contributed by atoms with van der Waals surface area (Å²) in [4.78, 5) is 10.6. The van der Waals surface area contributed by atoms with Gasteiger partial charge in [0, 0.05) is 64.6 Å². The van der Waals surface area contributed by atoms with Gasteiger partial charge in [0.1, 0.15) is 0 Å². The maximum atomic E-state index is 11.0. The Bertz CT molecular complexity index is 1720. The molecule has 38 heavy (non-hydrogen) atoms. The van der Waals surface area contributed by atoms with E-state index >= 15 is 0 Å². The van der Waals surface area contributed by atoms with Crippen LogP contribution in [0.5, 0.6) is 0 Å². The molecule has 0 fully saturated rings. The third-order valence-corrected chi connectivity index (χ3v) is 6.84. The molecule has 6 heteroatoms. The highest BCUT2D eigenvalue weighted by atomic mass is 16.6. The Balaban J connectivity index is 0.000000156. The fourth-order valence-electron chi connectivity index (χ4n) is 4.72. The van der Waals surface area contributed by atoms with Gasteiger partial charge >= 0.3 is 0 Å². The Labute approximate surface area is 221 Å². The van der Waals surface area contributed by atoms with Gasteiger partial charge in [-0.2, -0.15) is 0 Å². The van der Waals surface area contributed by atoms with E-state index in [4.69, 9.17) is 5.73 Å². The molecular weight excluding hydrogens is 472 g/mol. The molecule has 0 spiro atoms. The zero-order chi connectivity index (χ0) is 26.6. The number of nitro groups is 1. The smallest absolute Gasteiger partial charge is 0.273 e. The van der Waals surface area contributed by atoms with E-state index in [-0.39, 0.29) is 10.6 Å². The zero-order valence-electron chi connectivity index (χ0n) is 21.5. The van der Waals surface area contributed by atoms with Crippen LogP contribution >= 0.6 is 0 Å². The molecule has 0 aliphatic heterocycles. The second-order valence-corrected chi connectivity index (χ2v) is 9.58. The Kier molecular flexibility index (Phi) is 6.96. The maximum absolute atomic E-state index is 11.0. The lowest BCUT2D eigenvalue weighted by atomic mass is 10.1. The average Bonchev–Trinajstić information content (AvgIpc) is 3.48. The normalized spacial score (nSPS) is 10.9. The van der Waals surface area contributed by atoms with Crippen molar-refractivity contribution >= 4 is 33.2 Å². The van der Waals surface area contributed by atoms with Crippen molar-refractivity contribution in [1.29, 1.82) is 0 Å². The van der Waals surface area contributed by atoms with Gasteiger partial charge in [0.05, 0.1) is 4.92 Å². The highest BCUT2D eigenvalue weighted by molar-refractivity contribution is 5.85. The number of aromatic nitrogens is 2. The Morgan fingerprint density at radius 3 is 1.66 bits per heavy atom. The van der Waals surface area contributed by atoms with Gasteiger partial charge in [-0.15, -0.1) is 0 Å². The summed E-state index contributed by atoms with van der Waals surface area (Å²) >= 11 is 0. The van der Waals surface area contributed by atoms with Crippen LogP contribution in [0.3, 0.4) is 0 Å². The third-order valence-electron chi connectivity index (χ3n) is 6.84. The van der Waals surface area contributed by atoms with Gasteiger partial charge in [0.2, 0.25) is 0 Å². The van der Waals surface area contributed by atoms with Crippen molar-refractivity contribution in [1.82, 2.24) is 9.13 Å². The number of fused-ring (bicyclic) bond motifs is 2. The summed E-state index contributed by atoms with van der Waals surface area (Å²) in [7, 11) is 0. The quantitative estimate of drug-likeness (QED) is 0.151. The SMILES string of the molecule is Cc1cc2c(ccn2Cc2ccccc2)cc1N.Cc1cc2c(ccn2Cc2ccccc2)cc1[N+](=O)[O-]. The summed E-state index contributed by atoms with van der Waals surface area (Å²) in [6.07, 6.45) is 4.09. The summed E-state index contributed by atoms with van der Waals surface area (Å²) in [5.41, 5.74) is 13.6. The van der Waals surface area contributed by atoms with Crippen LogP contribution in [0.25, 0.3) is 21.8 Å². The number of benzene rings is 4. The van der Waals surface area contributed by atoms with Gasteiger partial charge in [-0.05, 0) is 60.9 Å². The molecular formula is C32H30N4O2. The molecule has 2 heterocycles. The van der Waals surface area contributed by atoms with Crippen LogP contribution in [-0.4, -0.2) is 14.1 Å². The molecule has 6 rings (SSSR count). The number of hydrogen-bond acceptors (Lipinski definition) is 3. The largest absolute Gasteiger partial charge is 0.398 e. The summed E-state index contributed by atoms with van der Waals surface area (Å²) in [6, 6.07) is 32.4. The predicted octanol–water partition coefficient (Wildman–Crippen LogP) is 7.49. The van der Waals surface area contributed by atoms with Gasteiger partial charge in [-0.3, -0.25) is 10.1 Å². The Morgan fingerprint density at radius 2 is 1.16 bits per heavy atom. The Morgan fingerprint density at radius 1 is 0.684 bits per heavy atom. The molecule has 0 aliphatic rings. The lowest BCUT2D eigenvalue weighted by molar-refractivity contribution is -0.385. The molecule has 0 saturated heterocycles. The molecule has 0 unspecified atom stereocenters. The van der Waals surface area contributed by atoms with Crippen LogP contribution in [0.15, 0.2) is 109 Å². The molecule has 0 radical (unpaired) electrons. The van der Waals surface area contributed by atoms with Crippen molar-refractivity contribution in [2.24, 2.45) is 0 Å². The van der Waals surface area contributed by atoms with Crippen molar-refractivity contribution < 1.29 is 4.92 Å². The second-order valence-electron chi connectivity index (χ2n) is 9.58. The number of nitrogens with two attached hydrogens (primary N) is 1. The monoisotopic (exact) mass is 502 g/mol. The van der Waals surface area contributed by atoms with E-state index in [9.17, 15) is 10.1 Å². The highest BCUT2D eigenvalue weighted by Gasteiger charge is 2.13. The molecule has 190 valence electrons. The predicted molar refractivity (Wildman–Crippen MR) is 156 cm³/mol. The summed E-state index contributed by atoms with van der Waals surface area (Å²) < 4.78 is 4.37. The summed E-state index contributed by atoms with van der Waals surface area (Å²) in [6.45, 7) is 5.49. The lowest BCUT2D eigenvalue weighted by Gasteiger charge is -2.07. The minimum Gasteiger partial charge on any atom is -0.398 e. The van der Waals surface area contributed by atoms with Crippen molar-refractivity contribution in [3.8, 4) is 0 Å². The first-order valence-electron chi connectivity index (χ1n) is 12.6. The molecule has 6 nitrogen and oxygen atoms in total. The molecule has 6 aromatic rings. The van der Waals surface area contributed by atoms with Crippen LogP contribution in [0.2, 0.25) is 0 Å². The maximum Gasteiger partial charge on any atom is 0.273 e. The van der Waals surface area contributed by atoms with Crippen molar-refractivity contribution in [2.75, 3.05) is 5.73 Å². The van der Waals surface area contributed by atoms with Crippen molar-refractivity contribution in [3.63, 3.8) is 0 Å². The van der Waals surface area contributed by atoms with Crippen molar-refractivity contribution in [3.05, 3.63) is 142 Å². The fraction of sp³-hybridized carbons (Fsp3) is 0.125. The minimum absolute atomic E-state index is 0.176. The molecule has 2 N–H and O–H groups in total. The first kappa shape index (κ1) is 24.8. The number of nitrogens with zero attached hydrogens (tertiary/aromatic N) is 3. The Hall–Kier alpha value is -4.84. The van der Waals surface area contributed by atoms with E-state index in [1.807, 2.05) is 48.7 Å². The van der Waals surface area contributed by atoms with E-state index in [1.54, 1.807) is 13.0 Å². The molecule has 0 aliphatic carbocycles. The van der Waals surface area contributed by atoms with Crippen LogP contribution in [0, 0.1) is 24.0 Å². The molecule has 0 bridgehead atoms. The van der Waals surface area contributed by atoms with Crippen molar-refractivity contribution in [2.45, 2.75) is 26.9 Å². The topological polar surface area (TPSA) is 79.0 Å². The average molecular weight is 503 g/mol. The van der Waals surface area contributed by atoms with Crippen LogP contribution in [0.1, 0.15) is 22.3 Å². The minimum atomic E-state index is -0.330.